The molecule has 4 heteroatoms. The summed E-state index contributed by atoms with van der Waals surface area (Å²) in [7, 11) is 0. The molecular weight excluding hydrogens is 326 g/mol. The Kier molecular flexibility index (Phi) is 5.21. The first-order valence-electron chi connectivity index (χ1n) is 8.68. The van der Waals surface area contributed by atoms with Gasteiger partial charge in [-0.2, -0.15) is 0 Å². The van der Waals surface area contributed by atoms with Crippen molar-refractivity contribution in [3.05, 3.63) is 81.7 Å². The first-order chi connectivity index (χ1) is 12.5. The molecule has 0 atom stereocenters. The SMILES string of the molecule is Cc1cccc(C(=O)Cc2ccc(OCc3c(C)noc3C)cc2)c1C. The Balaban J connectivity index is 1.64. The highest BCUT2D eigenvalue weighted by Crippen LogP contribution is 2.20. The maximum atomic E-state index is 12.6. The predicted molar refractivity (Wildman–Crippen MR) is 101 cm³/mol. The van der Waals surface area contributed by atoms with Gasteiger partial charge in [-0.25, -0.2) is 0 Å². The van der Waals surface area contributed by atoms with Crippen molar-refractivity contribution in [3.63, 3.8) is 0 Å². The van der Waals surface area contributed by atoms with Crippen LogP contribution in [0.2, 0.25) is 0 Å². The van der Waals surface area contributed by atoms with Gasteiger partial charge in [0.1, 0.15) is 18.1 Å². The lowest BCUT2D eigenvalue weighted by Crippen LogP contribution is -2.06. The van der Waals surface area contributed by atoms with Crippen molar-refractivity contribution in [2.24, 2.45) is 0 Å². The summed E-state index contributed by atoms with van der Waals surface area (Å²) in [5, 5.41) is 3.92. The molecule has 3 aromatic rings. The maximum Gasteiger partial charge on any atom is 0.167 e. The third-order valence-electron chi connectivity index (χ3n) is 4.76. The van der Waals surface area contributed by atoms with Gasteiger partial charge in [0.25, 0.3) is 0 Å². The van der Waals surface area contributed by atoms with Gasteiger partial charge in [0.05, 0.1) is 11.3 Å². The van der Waals surface area contributed by atoms with E-state index in [1.165, 1.54) is 0 Å². The molecule has 0 amide bonds. The van der Waals surface area contributed by atoms with Crippen LogP contribution >= 0.6 is 0 Å². The Morgan fingerprint density at radius 3 is 2.42 bits per heavy atom. The average Bonchev–Trinajstić information content (AvgIpc) is 2.95. The van der Waals surface area contributed by atoms with E-state index in [1.807, 2.05) is 70.2 Å². The molecule has 0 aliphatic heterocycles. The van der Waals surface area contributed by atoms with Gasteiger partial charge < -0.3 is 9.26 Å². The van der Waals surface area contributed by atoms with Crippen LogP contribution in [-0.4, -0.2) is 10.9 Å². The minimum atomic E-state index is 0.135. The van der Waals surface area contributed by atoms with Crippen molar-refractivity contribution in [1.82, 2.24) is 5.16 Å². The Morgan fingerprint density at radius 2 is 1.77 bits per heavy atom. The second-order valence-corrected chi connectivity index (χ2v) is 6.58. The van der Waals surface area contributed by atoms with Crippen LogP contribution in [0, 0.1) is 27.7 Å². The van der Waals surface area contributed by atoms with E-state index < -0.39 is 0 Å². The second-order valence-electron chi connectivity index (χ2n) is 6.58. The summed E-state index contributed by atoms with van der Waals surface area (Å²) in [6, 6.07) is 13.5. The van der Waals surface area contributed by atoms with Crippen LogP contribution in [0.3, 0.4) is 0 Å². The summed E-state index contributed by atoms with van der Waals surface area (Å²) >= 11 is 0. The molecule has 4 nitrogen and oxygen atoms in total. The van der Waals surface area contributed by atoms with Gasteiger partial charge in [-0.3, -0.25) is 4.79 Å². The summed E-state index contributed by atoms with van der Waals surface area (Å²) in [5.74, 6) is 1.67. The van der Waals surface area contributed by atoms with Crippen LogP contribution in [0.5, 0.6) is 5.75 Å². The molecule has 26 heavy (non-hydrogen) atoms. The van der Waals surface area contributed by atoms with E-state index in [0.29, 0.717) is 13.0 Å². The van der Waals surface area contributed by atoms with Gasteiger partial charge in [-0.05, 0) is 56.5 Å². The number of aryl methyl sites for hydroxylation is 3. The molecule has 0 radical (unpaired) electrons. The van der Waals surface area contributed by atoms with E-state index >= 15 is 0 Å². The summed E-state index contributed by atoms with van der Waals surface area (Å²) in [6.07, 6.45) is 0.383. The number of aromatic nitrogens is 1. The van der Waals surface area contributed by atoms with Gasteiger partial charge >= 0.3 is 0 Å². The fourth-order valence-electron chi connectivity index (χ4n) is 2.90. The molecule has 1 heterocycles. The average molecular weight is 349 g/mol. The normalized spacial score (nSPS) is 10.8. The Hall–Kier alpha value is -2.88. The molecule has 0 N–H and O–H groups in total. The van der Waals surface area contributed by atoms with Gasteiger partial charge in [-0.15, -0.1) is 0 Å². The van der Waals surface area contributed by atoms with Crippen LogP contribution in [0.1, 0.15) is 44.1 Å². The number of benzene rings is 2. The van der Waals surface area contributed by atoms with Gasteiger partial charge in [-0.1, -0.05) is 35.5 Å². The topological polar surface area (TPSA) is 52.3 Å². The number of hydrogen-bond donors (Lipinski definition) is 0. The van der Waals surface area contributed by atoms with E-state index in [2.05, 4.69) is 5.16 Å². The van der Waals surface area contributed by atoms with Crippen molar-refractivity contribution < 1.29 is 14.1 Å². The van der Waals surface area contributed by atoms with Gasteiger partial charge in [0.2, 0.25) is 0 Å². The molecular formula is C22H23NO3. The van der Waals surface area contributed by atoms with E-state index in [-0.39, 0.29) is 5.78 Å². The summed E-state index contributed by atoms with van der Waals surface area (Å²) in [6.45, 7) is 8.21. The van der Waals surface area contributed by atoms with Crippen molar-refractivity contribution in [2.75, 3.05) is 0 Å². The van der Waals surface area contributed by atoms with Gasteiger partial charge in [0.15, 0.2) is 5.78 Å². The molecule has 3 rings (SSSR count). The van der Waals surface area contributed by atoms with E-state index in [0.717, 1.165) is 45.0 Å². The Bertz CT molecular complexity index is 904. The quantitative estimate of drug-likeness (QED) is 0.593. The fraction of sp³-hybridized carbons (Fsp3) is 0.273. The zero-order valence-electron chi connectivity index (χ0n) is 15.6. The van der Waals surface area contributed by atoms with Crippen molar-refractivity contribution in [3.8, 4) is 5.75 Å². The lowest BCUT2D eigenvalue weighted by molar-refractivity contribution is 0.0992. The third-order valence-corrected chi connectivity index (χ3v) is 4.76. The summed E-state index contributed by atoms with van der Waals surface area (Å²) in [5.41, 5.74) is 5.78. The van der Waals surface area contributed by atoms with Crippen LogP contribution in [0.4, 0.5) is 0 Å². The minimum Gasteiger partial charge on any atom is -0.489 e. The van der Waals surface area contributed by atoms with Crippen molar-refractivity contribution in [1.29, 1.82) is 0 Å². The Labute approximate surface area is 153 Å². The number of ketones is 1. The largest absolute Gasteiger partial charge is 0.489 e. The number of Topliss-reactive ketones (excluding diaryl/α,β-unsaturated/α-hetero) is 1. The highest BCUT2D eigenvalue weighted by atomic mass is 16.5. The van der Waals surface area contributed by atoms with Crippen LogP contribution in [0.15, 0.2) is 47.0 Å². The molecule has 134 valence electrons. The predicted octanol–water partition coefficient (Wildman–Crippen LogP) is 4.91. The smallest absolute Gasteiger partial charge is 0.167 e. The summed E-state index contributed by atoms with van der Waals surface area (Å²) in [4.78, 5) is 12.6. The van der Waals surface area contributed by atoms with E-state index in [1.54, 1.807) is 0 Å². The maximum absolute atomic E-state index is 12.6. The van der Waals surface area contributed by atoms with Crippen LogP contribution in [-0.2, 0) is 13.0 Å². The minimum absolute atomic E-state index is 0.135. The van der Waals surface area contributed by atoms with Gasteiger partial charge in [0, 0.05) is 12.0 Å². The lowest BCUT2D eigenvalue weighted by Gasteiger charge is -2.09. The number of hydrogen-bond acceptors (Lipinski definition) is 4. The molecule has 0 aliphatic carbocycles. The molecule has 0 bridgehead atoms. The second kappa shape index (κ2) is 7.56. The highest BCUT2D eigenvalue weighted by molar-refractivity contribution is 5.99. The highest BCUT2D eigenvalue weighted by Gasteiger charge is 2.12. The molecule has 0 unspecified atom stereocenters. The van der Waals surface area contributed by atoms with Crippen LogP contribution < -0.4 is 4.74 Å². The molecule has 0 spiro atoms. The molecule has 0 aliphatic rings. The molecule has 0 saturated carbocycles. The number of ether oxygens (including phenoxy) is 1. The molecule has 0 saturated heterocycles. The van der Waals surface area contributed by atoms with Crippen molar-refractivity contribution in [2.45, 2.75) is 40.7 Å². The fourth-order valence-corrected chi connectivity index (χ4v) is 2.90. The van der Waals surface area contributed by atoms with Crippen LogP contribution in [0.25, 0.3) is 0 Å². The summed E-state index contributed by atoms with van der Waals surface area (Å²) < 4.78 is 10.9. The zero-order valence-corrected chi connectivity index (χ0v) is 15.6. The first kappa shape index (κ1) is 17.9. The lowest BCUT2D eigenvalue weighted by atomic mass is 9.96. The standard InChI is InChI=1S/C22H23NO3/c1-14-6-5-7-20(15(14)2)22(24)12-18-8-10-19(11-9-18)25-13-21-16(3)23-26-17(21)4/h5-11H,12-13H2,1-4H3. The molecule has 2 aromatic carbocycles. The molecule has 0 fully saturated rings. The Morgan fingerprint density at radius 1 is 1.04 bits per heavy atom. The monoisotopic (exact) mass is 349 g/mol. The van der Waals surface area contributed by atoms with Crippen molar-refractivity contribution >= 4 is 5.78 Å². The first-order valence-corrected chi connectivity index (χ1v) is 8.68. The van der Waals surface area contributed by atoms with E-state index in [4.69, 9.17) is 9.26 Å². The molecule has 1 aromatic heterocycles. The third kappa shape index (κ3) is 3.85. The van der Waals surface area contributed by atoms with E-state index in [9.17, 15) is 4.79 Å². The number of nitrogens with zero attached hydrogens (tertiary/aromatic N) is 1. The zero-order chi connectivity index (χ0) is 18.7. The number of carbonyl (C=O) groups is 1. The number of carbonyl (C=O) groups excluding carboxylic acids is 1. The number of rotatable bonds is 6.